The lowest BCUT2D eigenvalue weighted by atomic mass is 10.2. The second kappa shape index (κ2) is 5.62. The van der Waals surface area contributed by atoms with Gasteiger partial charge in [0.15, 0.2) is 0 Å². The molecular weight excluding hydrogens is 206 g/mol. The van der Waals surface area contributed by atoms with E-state index in [9.17, 15) is 0 Å². The van der Waals surface area contributed by atoms with Crippen LogP contribution in [0.1, 0.15) is 17.0 Å². The van der Waals surface area contributed by atoms with Crippen molar-refractivity contribution >= 4 is 5.84 Å². The van der Waals surface area contributed by atoms with Gasteiger partial charge >= 0.3 is 0 Å². The number of ether oxygens (including phenoxy) is 1. The number of nitrogens with zero attached hydrogens (tertiary/aromatic N) is 3. The highest BCUT2D eigenvalue weighted by Gasteiger charge is 2.14. The molecule has 1 aromatic rings. The quantitative estimate of drug-likeness (QED) is 0.246. The second-order valence-corrected chi connectivity index (χ2v) is 3.54. The third-order valence-electron chi connectivity index (χ3n) is 2.45. The zero-order chi connectivity index (χ0) is 12.1. The monoisotopic (exact) mass is 225 g/mol. The van der Waals surface area contributed by atoms with Crippen LogP contribution in [0, 0.1) is 13.8 Å². The number of nitrogens with one attached hydrogen (secondary N) is 1. The minimum absolute atomic E-state index is 0.573. The zero-order valence-corrected chi connectivity index (χ0v) is 10.2. The van der Waals surface area contributed by atoms with Gasteiger partial charge in [0.25, 0.3) is 0 Å². The predicted molar refractivity (Wildman–Crippen MR) is 63.3 cm³/mol. The molecule has 90 valence electrons. The molecule has 0 saturated heterocycles. The molecule has 0 unspecified atom stereocenters. The first-order valence-corrected chi connectivity index (χ1v) is 5.12. The Morgan fingerprint density at radius 1 is 1.56 bits per heavy atom. The van der Waals surface area contributed by atoms with Crippen molar-refractivity contribution in [2.75, 3.05) is 20.3 Å². The molecule has 0 aliphatic heterocycles. The van der Waals surface area contributed by atoms with Crippen molar-refractivity contribution in [3.8, 4) is 0 Å². The first-order chi connectivity index (χ1) is 7.61. The number of aryl methyl sites for hydroxylation is 2. The average Bonchev–Trinajstić information content (AvgIpc) is 2.50. The molecule has 0 radical (unpaired) electrons. The third kappa shape index (κ3) is 2.59. The Balaban J connectivity index is 2.99. The molecular formula is C10H19N5O. The zero-order valence-electron chi connectivity index (χ0n) is 10.2. The van der Waals surface area contributed by atoms with Crippen LogP contribution in [-0.4, -0.2) is 35.9 Å². The molecule has 6 heteroatoms. The maximum Gasteiger partial charge on any atom is 0.146 e. The van der Waals surface area contributed by atoms with Gasteiger partial charge in [0.2, 0.25) is 0 Å². The summed E-state index contributed by atoms with van der Waals surface area (Å²) in [4.78, 5) is 4.34. The highest BCUT2D eigenvalue weighted by Crippen LogP contribution is 2.11. The molecule has 1 rings (SSSR count). The van der Waals surface area contributed by atoms with Gasteiger partial charge in [-0.15, -0.1) is 0 Å². The van der Waals surface area contributed by atoms with Gasteiger partial charge in [0.1, 0.15) is 5.84 Å². The summed E-state index contributed by atoms with van der Waals surface area (Å²) in [6.07, 6.45) is 0. The van der Waals surface area contributed by atoms with Crippen LogP contribution in [0.25, 0.3) is 0 Å². The topological polar surface area (TPSA) is 77.5 Å². The van der Waals surface area contributed by atoms with Crippen LogP contribution in [0.3, 0.4) is 0 Å². The van der Waals surface area contributed by atoms with E-state index in [1.165, 1.54) is 0 Å². The molecule has 6 nitrogen and oxygen atoms in total. The molecule has 0 spiro atoms. The fourth-order valence-corrected chi connectivity index (χ4v) is 1.56. The van der Waals surface area contributed by atoms with Crippen molar-refractivity contribution in [2.24, 2.45) is 17.9 Å². The molecule has 0 aliphatic carbocycles. The summed E-state index contributed by atoms with van der Waals surface area (Å²) in [5.41, 5.74) is 5.52. The number of hydrazine groups is 1. The van der Waals surface area contributed by atoms with Crippen LogP contribution in [0.15, 0.2) is 4.99 Å². The van der Waals surface area contributed by atoms with Gasteiger partial charge in [-0.3, -0.25) is 9.67 Å². The number of hydrogen-bond donors (Lipinski definition) is 2. The summed E-state index contributed by atoms with van der Waals surface area (Å²) in [6.45, 7) is 5.07. The predicted octanol–water partition coefficient (Wildman–Crippen LogP) is -0.107. The molecule has 0 fully saturated rings. The Morgan fingerprint density at radius 2 is 2.25 bits per heavy atom. The number of hydrogen-bond acceptors (Lipinski definition) is 4. The van der Waals surface area contributed by atoms with Crippen molar-refractivity contribution in [1.82, 2.24) is 15.2 Å². The SMILES string of the molecule is COCCN=C(NN)c1c(C)nn(C)c1C. The first-order valence-electron chi connectivity index (χ1n) is 5.12. The third-order valence-corrected chi connectivity index (χ3v) is 2.45. The lowest BCUT2D eigenvalue weighted by molar-refractivity contribution is 0.208. The van der Waals surface area contributed by atoms with Gasteiger partial charge in [0.05, 0.1) is 24.4 Å². The summed E-state index contributed by atoms with van der Waals surface area (Å²) < 4.78 is 6.76. The Labute approximate surface area is 95.5 Å². The molecule has 3 N–H and O–H groups in total. The van der Waals surface area contributed by atoms with Crippen LogP contribution < -0.4 is 11.3 Å². The molecule has 0 aliphatic rings. The Kier molecular flexibility index (Phi) is 4.45. The van der Waals surface area contributed by atoms with E-state index in [1.54, 1.807) is 7.11 Å². The van der Waals surface area contributed by atoms with Crippen molar-refractivity contribution in [2.45, 2.75) is 13.8 Å². The minimum atomic E-state index is 0.573. The molecule has 0 amide bonds. The van der Waals surface area contributed by atoms with Gasteiger partial charge in [-0.25, -0.2) is 5.84 Å². The first kappa shape index (κ1) is 12.7. The van der Waals surface area contributed by atoms with E-state index in [0.29, 0.717) is 19.0 Å². The van der Waals surface area contributed by atoms with E-state index in [0.717, 1.165) is 17.0 Å². The lowest BCUT2D eigenvalue weighted by Crippen LogP contribution is -2.32. The smallest absolute Gasteiger partial charge is 0.146 e. The van der Waals surface area contributed by atoms with Gasteiger partial charge in [0, 0.05) is 19.9 Å². The van der Waals surface area contributed by atoms with E-state index in [2.05, 4.69) is 15.5 Å². The van der Waals surface area contributed by atoms with E-state index in [4.69, 9.17) is 10.6 Å². The summed E-state index contributed by atoms with van der Waals surface area (Å²) in [5.74, 6) is 6.13. The second-order valence-electron chi connectivity index (χ2n) is 3.54. The molecule has 0 saturated carbocycles. The van der Waals surface area contributed by atoms with Crippen molar-refractivity contribution in [3.05, 3.63) is 17.0 Å². The normalized spacial score (nSPS) is 11.9. The molecule has 0 aromatic carbocycles. The number of methoxy groups -OCH3 is 1. The molecule has 1 aromatic heterocycles. The fourth-order valence-electron chi connectivity index (χ4n) is 1.56. The summed E-state index contributed by atoms with van der Waals surface area (Å²) in [6, 6.07) is 0. The van der Waals surface area contributed by atoms with E-state index in [-0.39, 0.29) is 0 Å². The number of aromatic nitrogens is 2. The summed E-state index contributed by atoms with van der Waals surface area (Å²) in [7, 11) is 3.54. The largest absolute Gasteiger partial charge is 0.383 e. The van der Waals surface area contributed by atoms with Crippen molar-refractivity contribution in [1.29, 1.82) is 0 Å². The van der Waals surface area contributed by atoms with E-state index >= 15 is 0 Å². The minimum Gasteiger partial charge on any atom is -0.383 e. The maximum absolute atomic E-state index is 5.48. The number of nitrogens with two attached hydrogens (primary N) is 1. The van der Waals surface area contributed by atoms with Crippen LogP contribution >= 0.6 is 0 Å². The molecule has 0 bridgehead atoms. The molecule has 0 atom stereocenters. The van der Waals surface area contributed by atoms with E-state index in [1.807, 2.05) is 25.6 Å². The van der Waals surface area contributed by atoms with Crippen LogP contribution in [0.4, 0.5) is 0 Å². The fraction of sp³-hybridized carbons (Fsp3) is 0.600. The number of amidine groups is 1. The molecule has 16 heavy (non-hydrogen) atoms. The van der Waals surface area contributed by atoms with Gasteiger partial charge in [-0.2, -0.15) is 5.10 Å². The van der Waals surface area contributed by atoms with Crippen LogP contribution in [0.5, 0.6) is 0 Å². The Bertz CT molecular complexity index is 383. The van der Waals surface area contributed by atoms with Gasteiger partial charge < -0.3 is 10.2 Å². The lowest BCUT2D eigenvalue weighted by Gasteiger charge is -2.06. The van der Waals surface area contributed by atoms with Crippen molar-refractivity contribution < 1.29 is 4.74 Å². The molecule has 1 heterocycles. The van der Waals surface area contributed by atoms with Crippen molar-refractivity contribution in [3.63, 3.8) is 0 Å². The Morgan fingerprint density at radius 3 is 2.69 bits per heavy atom. The summed E-state index contributed by atoms with van der Waals surface area (Å²) >= 11 is 0. The average molecular weight is 225 g/mol. The number of aliphatic imine (C=N–C) groups is 1. The van der Waals surface area contributed by atoms with Gasteiger partial charge in [-0.05, 0) is 13.8 Å². The maximum atomic E-state index is 5.48. The number of rotatable bonds is 4. The summed E-state index contributed by atoms with van der Waals surface area (Å²) in [5, 5.41) is 4.32. The van der Waals surface area contributed by atoms with Crippen LogP contribution in [0.2, 0.25) is 0 Å². The van der Waals surface area contributed by atoms with Crippen LogP contribution in [-0.2, 0) is 11.8 Å². The van der Waals surface area contributed by atoms with E-state index < -0.39 is 0 Å². The Hall–Kier alpha value is -1.40. The highest BCUT2D eigenvalue weighted by molar-refractivity contribution is 6.00. The standard InChI is InChI=1S/C10H19N5O/c1-7-9(8(2)15(3)14-7)10(13-11)12-5-6-16-4/h5-6,11H2,1-4H3,(H,12,13). The highest BCUT2D eigenvalue weighted by atomic mass is 16.5. The van der Waals surface area contributed by atoms with Gasteiger partial charge in [-0.1, -0.05) is 0 Å².